The van der Waals surface area contributed by atoms with Crippen molar-refractivity contribution < 1.29 is 18.4 Å². The van der Waals surface area contributed by atoms with Crippen LogP contribution in [0.5, 0.6) is 0 Å². The normalized spacial score (nSPS) is 18.1. The van der Waals surface area contributed by atoms with Crippen LogP contribution < -0.4 is 0 Å². The van der Waals surface area contributed by atoms with Gasteiger partial charge in [0.25, 0.3) is 11.8 Å². The van der Waals surface area contributed by atoms with Gasteiger partial charge in [0.15, 0.2) is 0 Å². The summed E-state index contributed by atoms with van der Waals surface area (Å²) in [5.74, 6) is -1.03. The van der Waals surface area contributed by atoms with Crippen molar-refractivity contribution in [1.82, 2.24) is 20.0 Å². The molecule has 1 saturated carbocycles. The summed E-state index contributed by atoms with van der Waals surface area (Å²) in [6.45, 7) is 1.14. The van der Waals surface area contributed by atoms with Crippen LogP contribution in [0, 0.1) is 5.82 Å². The second-order valence-electron chi connectivity index (χ2n) is 7.65. The summed E-state index contributed by atoms with van der Waals surface area (Å²) in [5.41, 5.74) is 0.589. The Balaban J connectivity index is 1.43. The summed E-state index contributed by atoms with van der Waals surface area (Å²) in [7, 11) is 0. The number of aromatic nitrogens is 2. The number of piperazine rings is 1. The van der Waals surface area contributed by atoms with Gasteiger partial charge in [-0.3, -0.25) is 9.59 Å². The number of halogens is 1. The van der Waals surface area contributed by atoms with Crippen molar-refractivity contribution in [1.29, 1.82) is 0 Å². The fourth-order valence-electron chi connectivity index (χ4n) is 4.45. The highest BCUT2D eigenvalue weighted by Crippen LogP contribution is 2.41. The van der Waals surface area contributed by atoms with Crippen LogP contribution in [0.15, 0.2) is 47.3 Å². The molecule has 0 bridgehead atoms. The Bertz CT molecular complexity index is 1090. The highest BCUT2D eigenvalue weighted by atomic mass is 19.1. The quantitative estimate of drug-likeness (QED) is 0.668. The molecule has 1 aliphatic heterocycles. The predicted molar refractivity (Wildman–Crippen MR) is 102 cm³/mol. The number of hydrogen-bond acceptors (Lipinski definition) is 5. The van der Waals surface area contributed by atoms with E-state index in [4.69, 9.17) is 4.42 Å². The van der Waals surface area contributed by atoms with Crippen molar-refractivity contribution in [3.63, 3.8) is 0 Å². The molecule has 3 aromatic rings. The highest BCUT2D eigenvalue weighted by Gasteiger charge is 2.49. The van der Waals surface area contributed by atoms with Gasteiger partial charge in [0.2, 0.25) is 0 Å². The van der Waals surface area contributed by atoms with Gasteiger partial charge in [0, 0.05) is 25.0 Å². The summed E-state index contributed by atoms with van der Waals surface area (Å²) >= 11 is 0. The summed E-state index contributed by atoms with van der Waals surface area (Å²) < 4.78 is 19.9. The maximum Gasteiger partial charge on any atom is 0.257 e. The second-order valence-corrected chi connectivity index (χ2v) is 7.65. The van der Waals surface area contributed by atoms with Gasteiger partial charge in [-0.25, -0.2) is 4.39 Å². The summed E-state index contributed by atoms with van der Waals surface area (Å²) in [6.07, 6.45) is 7.04. The Morgan fingerprint density at radius 1 is 1.07 bits per heavy atom. The number of furan rings is 1. The Morgan fingerprint density at radius 3 is 2.66 bits per heavy atom. The van der Waals surface area contributed by atoms with Crippen LogP contribution in [-0.2, 0) is 0 Å². The average Bonchev–Trinajstić information content (AvgIpc) is 3.20. The molecule has 148 valence electrons. The molecule has 7 nitrogen and oxygen atoms in total. The molecule has 29 heavy (non-hydrogen) atoms. The first-order chi connectivity index (χ1) is 14.1. The molecule has 5 rings (SSSR count). The lowest BCUT2D eigenvalue weighted by Crippen LogP contribution is -2.67. The standard InChI is InChI=1S/C21H19FN4O3/c22-16-2-3-17-15(5-11-29-17)18(16)20(28)25-9-10-26(21(13-25)6-1-7-21)19(27)14-4-8-23-24-12-14/h2-5,8,11-12H,1,6-7,9-10,13H2. The highest BCUT2D eigenvalue weighted by molar-refractivity contribution is 6.06. The van der Waals surface area contributed by atoms with Gasteiger partial charge >= 0.3 is 0 Å². The number of carbonyl (C=O) groups excluding carboxylic acids is 2. The van der Waals surface area contributed by atoms with Crippen LogP contribution in [-0.4, -0.2) is 57.0 Å². The maximum atomic E-state index is 14.6. The van der Waals surface area contributed by atoms with Crippen molar-refractivity contribution in [2.24, 2.45) is 0 Å². The second kappa shape index (κ2) is 6.65. The van der Waals surface area contributed by atoms with Gasteiger partial charge in [-0.2, -0.15) is 10.2 Å². The molecule has 3 heterocycles. The third-order valence-corrected chi connectivity index (χ3v) is 6.10. The van der Waals surface area contributed by atoms with E-state index in [1.807, 2.05) is 4.90 Å². The molecule has 2 amide bonds. The summed E-state index contributed by atoms with van der Waals surface area (Å²) in [5, 5.41) is 7.99. The lowest BCUT2D eigenvalue weighted by atomic mass is 9.73. The van der Waals surface area contributed by atoms with Crippen LogP contribution in [0.25, 0.3) is 11.0 Å². The van der Waals surface area contributed by atoms with Gasteiger partial charge in [-0.05, 0) is 43.5 Å². The molecule has 0 atom stereocenters. The number of benzene rings is 1. The molecular weight excluding hydrogens is 375 g/mol. The average molecular weight is 394 g/mol. The van der Waals surface area contributed by atoms with Gasteiger partial charge in [-0.1, -0.05) is 0 Å². The molecule has 0 unspecified atom stereocenters. The van der Waals surface area contributed by atoms with E-state index in [-0.39, 0.29) is 17.4 Å². The number of hydrogen-bond donors (Lipinski definition) is 0. The Hall–Kier alpha value is -3.29. The third kappa shape index (κ3) is 2.78. The number of rotatable bonds is 2. The lowest BCUT2D eigenvalue weighted by molar-refractivity contribution is -0.0304. The zero-order valence-corrected chi connectivity index (χ0v) is 15.7. The topological polar surface area (TPSA) is 79.5 Å². The molecule has 0 N–H and O–H groups in total. The molecule has 1 saturated heterocycles. The van der Waals surface area contributed by atoms with E-state index in [0.717, 1.165) is 19.3 Å². The fourth-order valence-corrected chi connectivity index (χ4v) is 4.45. The van der Waals surface area contributed by atoms with E-state index < -0.39 is 11.4 Å². The fraction of sp³-hybridized carbons (Fsp3) is 0.333. The molecule has 0 radical (unpaired) electrons. The first kappa shape index (κ1) is 17.8. The first-order valence-corrected chi connectivity index (χ1v) is 9.63. The number of amides is 2. The smallest absolute Gasteiger partial charge is 0.257 e. The molecule has 1 aliphatic carbocycles. The lowest BCUT2D eigenvalue weighted by Gasteiger charge is -2.55. The van der Waals surface area contributed by atoms with E-state index in [2.05, 4.69) is 10.2 Å². The minimum Gasteiger partial charge on any atom is -0.464 e. The first-order valence-electron chi connectivity index (χ1n) is 9.63. The van der Waals surface area contributed by atoms with E-state index >= 15 is 0 Å². The van der Waals surface area contributed by atoms with Gasteiger partial charge in [-0.15, -0.1) is 0 Å². The Morgan fingerprint density at radius 2 is 1.93 bits per heavy atom. The van der Waals surface area contributed by atoms with Crippen LogP contribution >= 0.6 is 0 Å². The molecule has 8 heteroatoms. The van der Waals surface area contributed by atoms with Crippen molar-refractivity contribution >= 4 is 22.8 Å². The van der Waals surface area contributed by atoms with Gasteiger partial charge in [0.1, 0.15) is 11.4 Å². The van der Waals surface area contributed by atoms with Crippen molar-refractivity contribution in [2.75, 3.05) is 19.6 Å². The number of fused-ring (bicyclic) bond motifs is 1. The SMILES string of the molecule is O=C(c1c(F)ccc2occc12)N1CCN(C(=O)c2ccnnc2)C2(CCC2)C1. The third-order valence-electron chi connectivity index (χ3n) is 6.10. The zero-order valence-electron chi connectivity index (χ0n) is 15.7. The zero-order chi connectivity index (χ0) is 20.0. The number of nitrogens with zero attached hydrogens (tertiary/aromatic N) is 4. The van der Waals surface area contributed by atoms with Crippen LogP contribution in [0.3, 0.4) is 0 Å². The van der Waals surface area contributed by atoms with Crippen LogP contribution in [0.2, 0.25) is 0 Å². The molecule has 1 spiro atoms. The Kier molecular flexibility index (Phi) is 4.08. The molecule has 1 aromatic carbocycles. The van der Waals surface area contributed by atoms with Crippen LogP contribution in [0.4, 0.5) is 4.39 Å². The molecule has 2 aliphatic rings. The van der Waals surface area contributed by atoms with Crippen molar-refractivity contribution in [2.45, 2.75) is 24.8 Å². The molecular formula is C21H19FN4O3. The minimum atomic E-state index is -0.562. The largest absolute Gasteiger partial charge is 0.464 e. The van der Waals surface area contributed by atoms with Gasteiger partial charge in [0.05, 0.1) is 35.3 Å². The van der Waals surface area contributed by atoms with E-state index in [1.165, 1.54) is 30.8 Å². The molecule has 2 fully saturated rings. The predicted octanol–water partition coefficient (Wildman–Crippen LogP) is 2.88. The summed E-state index contributed by atoms with van der Waals surface area (Å²) in [4.78, 5) is 29.8. The monoisotopic (exact) mass is 394 g/mol. The van der Waals surface area contributed by atoms with Crippen LogP contribution in [0.1, 0.15) is 40.0 Å². The minimum absolute atomic E-state index is 0.0313. The summed E-state index contributed by atoms with van der Waals surface area (Å²) in [6, 6.07) is 6.04. The van der Waals surface area contributed by atoms with Gasteiger partial charge < -0.3 is 14.2 Å². The number of carbonyl (C=O) groups is 2. The van der Waals surface area contributed by atoms with Crippen molar-refractivity contribution in [3.8, 4) is 0 Å². The maximum absolute atomic E-state index is 14.6. The van der Waals surface area contributed by atoms with E-state index in [0.29, 0.717) is 36.2 Å². The van der Waals surface area contributed by atoms with E-state index in [9.17, 15) is 14.0 Å². The van der Waals surface area contributed by atoms with Crippen molar-refractivity contribution in [3.05, 3.63) is 59.9 Å². The molecule has 2 aromatic heterocycles. The van der Waals surface area contributed by atoms with E-state index in [1.54, 1.807) is 17.0 Å². The Labute approximate surface area is 166 Å².